The minimum absolute atomic E-state index is 0.139. The van der Waals surface area contributed by atoms with Crippen molar-refractivity contribution in [2.24, 2.45) is 5.73 Å². The van der Waals surface area contributed by atoms with Crippen LogP contribution in [0.25, 0.3) is 0 Å². The van der Waals surface area contributed by atoms with E-state index in [9.17, 15) is 4.79 Å². The second-order valence-electron chi connectivity index (χ2n) is 4.61. The van der Waals surface area contributed by atoms with E-state index in [0.29, 0.717) is 23.6 Å². The monoisotopic (exact) mass is 288 g/mol. The molecule has 2 rings (SSSR count). The number of halogens is 1. The van der Waals surface area contributed by atoms with E-state index in [4.69, 9.17) is 17.3 Å². The molecule has 0 radical (unpaired) electrons. The zero-order valence-electron chi connectivity index (χ0n) is 11.3. The van der Waals surface area contributed by atoms with Crippen LogP contribution in [0.15, 0.2) is 42.5 Å². The standard InChI is InChI=1S/C16H17ClN2O/c1-11-6-7-13(17)10-15(11)19-16(20)14-5-3-2-4-12(14)8-9-18/h2-7,10H,8-9,18H2,1H3,(H,19,20). The molecule has 0 unspecified atom stereocenters. The molecule has 0 spiro atoms. The maximum absolute atomic E-state index is 12.4. The van der Waals surface area contributed by atoms with Gasteiger partial charge in [0.05, 0.1) is 0 Å². The summed E-state index contributed by atoms with van der Waals surface area (Å²) in [6.45, 7) is 2.44. The van der Waals surface area contributed by atoms with Crippen LogP contribution in [0.5, 0.6) is 0 Å². The normalized spacial score (nSPS) is 10.3. The van der Waals surface area contributed by atoms with Gasteiger partial charge in [-0.25, -0.2) is 0 Å². The molecule has 0 aromatic heterocycles. The van der Waals surface area contributed by atoms with Crippen LogP contribution < -0.4 is 11.1 Å². The molecular weight excluding hydrogens is 272 g/mol. The minimum Gasteiger partial charge on any atom is -0.330 e. The SMILES string of the molecule is Cc1ccc(Cl)cc1NC(=O)c1ccccc1CCN. The van der Waals surface area contributed by atoms with Crippen molar-refractivity contribution in [3.63, 3.8) is 0 Å². The Bertz CT molecular complexity index is 626. The van der Waals surface area contributed by atoms with Crippen LogP contribution in [-0.4, -0.2) is 12.5 Å². The van der Waals surface area contributed by atoms with Crippen LogP contribution in [0.3, 0.4) is 0 Å². The number of hydrogen-bond acceptors (Lipinski definition) is 2. The molecule has 2 aromatic rings. The molecule has 2 aromatic carbocycles. The molecule has 3 nitrogen and oxygen atoms in total. The van der Waals surface area contributed by atoms with E-state index < -0.39 is 0 Å². The van der Waals surface area contributed by atoms with Gasteiger partial charge in [-0.1, -0.05) is 35.9 Å². The Morgan fingerprint density at radius 3 is 2.75 bits per heavy atom. The molecular formula is C16H17ClN2O. The number of rotatable bonds is 4. The van der Waals surface area contributed by atoms with Gasteiger partial charge in [0.15, 0.2) is 0 Å². The minimum atomic E-state index is -0.139. The average molecular weight is 289 g/mol. The Hall–Kier alpha value is -1.84. The second-order valence-corrected chi connectivity index (χ2v) is 5.05. The molecule has 3 N–H and O–H groups in total. The molecule has 0 aliphatic carbocycles. The van der Waals surface area contributed by atoms with E-state index >= 15 is 0 Å². The van der Waals surface area contributed by atoms with E-state index in [-0.39, 0.29) is 5.91 Å². The summed E-state index contributed by atoms with van der Waals surface area (Å²) in [7, 11) is 0. The summed E-state index contributed by atoms with van der Waals surface area (Å²) in [6.07, 6.45) is 0.679. The van der Waals surface area contributed by atoms with Gasteiger partial charge < -0.3 is 11.1 Å². The highest BCUT2D eigenvalue weighted by Crippen LogP contribution is 2.21. The third-order valence-electron chi connectivity index (χ3n) is 3.12. The van der Waals surface area contributed by atoms with Gasteiger partial charge in [0.25, 0.3) is 5.91 Å². The molecule has 0 saturated heterocycles. The molecule has 0 fully saturated rings. The quantitative estimate of drug-likeness (QED) is 0.906. The number of nitrogens with two attached hydrogens (primary N) is 1. The number of carbonyl (C=O) groups is 1. The summed E-state index contributed by atoms with van der Waals surface area (Å²) in [5, 5.41) is 3.50. The van der Waals surface area contributed by atoms with Crippen molar-refractivity contribution in [3.8, 4) is 0 Å². The molecule has 0 aliphatic heterocycles. The summed E-state index contributed by atoms with van der Waals surface area (Å²) in [5.41, 5.74) is 8.88. The van der Waals surface area contributed by atoms with E-state index in [2.05, 4.69) is 5.32 Å². The molecule has 0 bridgehead atoms. The summed E-state index contributed by atoms with van der Waals surface area (Å²) in [6, 6.07) is 12.9. The van der Waals surface area contributed by atoms with Crippen LogP contribution in [0.2, 0.25) is 5.02 Å². The molecule has 4 heteroatoms. The van der Waals surface area contributed by atoms with Crippen LogP contribution in [0.4, 0.5) is 5.69 Å². The van der Waals surface area contributed by atoms with Crippen LogP contribution in [0, 0.1) is 6.92 Å². The summed E-state index contributed by atoms with van der Waals surface area (Å²) >= 11 is 5.96. The van der Waals surface area contributed by atoms with Crippen LogP contribution >= 0.6 is 11.6 Å². The Labute approximate surface area is 123 Å². The lowest BCUT2D eigenvalue weighted by Gasteiger charge is -2.11. The maximum Gasteiger partial charge on any atom is 0.255 e. The molecule has 0 heterocycles. The van der Waals surface area contributed by atoms with E-state index in [1.807, 2.05) is 31.2 Å². The summed E-state index contributed by atoms with van der Waals surface area (Å²) in [5.74, 6) is -0.139. The van der Waals surface area contributed by atoms with Crippen molar-refractivity contribution < 1.29 is 4.79 Å². The number of carbonyl (C=O) groups excluding carboxylic acids is 1. The first-order valence-corrected chi connectivity index (χ1v) is 6.85. The number of anilines is 1. The first-order chi connectivity index (χ1) is 9.61. The molecule has 1 amide bonds. The van der Waals surface area contributed by atoms with Crippen LogP contribution in [0.1, 0.15) is 21.5 Å². The van der Waals surface area contributed by atoms with Crippen molar-refractivity contribution in [1.29, 1.82) is 0 Å². The van der Waals surface area contributed by atoms with E-state index in [0.717, 1.165) is 16.8 Å². The molecule has 0 atom stereocenters. The first-order valence-electron chi connectivity index (χ1n) is 6.47. The lowest BCUT2D eigenvalue weighted by Crippen LogP contribution is -2.16. The summed E-state index contributed by atoms with van der Waals surface area (Å²) < 4.78 is 0. The largest absolute Gasteiger partial charge is 0.330 e. The average Bonchev–Trinajstić information content (AvgIpc) is 2.44. The zero-order valence-corrected chi connectivity index (χ0v) is 12.1. The molecule has 104 valence electrons. The van der Waals surface area contributed by atoms with E-state index in [1.165, 1.54) is 0 Å². The third kappa shape index (κ3) is 3.38. The molecule has 20 heavy (non-hydrogen) atoms. The number of amides is 1. The van der Waals surface area contributed by atoms with Gasteiger partial charge in [0.1, 0.15) is 0 Å². The summed E-state index contributed by atoms with van der Waals surface area (Å²) in [4.78, 5) is 12.4. The fourth-order valence-electron chi connectivity index (χ4n) is 2.03. The van der Waals surface area contributed by atoms with Gasteiger partial charge in [0, 0.05) is 16.3 Å². The Morgan fingerprint density at radius 1 is 1.25 bits per heavy atom. The molecule has 0 saturated carbocycles. The van der Waals surface area contributed by atoms with Gasteiger partial charge >= 0.3 is 0 Å². The zero-order chi connectivity index (χ0) is 14.5. The number of benzene rings is 2. The van der Waals surface area contributed by atoms with Crippen LogP contribution in [-0.2, 0) is 6.42 Å². The van der Waals surface area contributed by atoms with Gasteiger partial charge in [0.2, 0.25) is 0 Å². The lowest BCUT2D eigenvalue weighted by atomic mass is 10.0. The first kappa shape index (κ1) is 14.6. The number of hydrogen-bond donors (Lipinski definition) is 2. The van der Waals surface area contributed by atoms with Crippen molar-refractivity contribution >= 4 is 23.2 Å². The van der Waals surface area contributed by atoms with Gasteiger partial charge in [-0.15, -0.1) is 0 Å². The molecule has 0 aliphatic rings. The maximum atomic E-state index is 12.4. The predicted octanol–water partition coefficient (Wildman–Crippen LogP) is 3.40. The lowest BCUT2D eigenvalue weighted by molar-refractivity contribution is 0.102. The fourth-order valence-corrected chi connectivity index (χ4v) is 2.21. The Kier molecular flexibility index (Phi) is 4.77. The van der Waals surface area contributed by atoms with Crippen molar-refractivity contribution in [1.82, 2.24) is 0 Å². The predicted molar refractivity (Wildman–Crippen MR) is 83.3 cm³/mol. The second kappa shape index (κ2) is 6.55. The van der Waals surface area contributed by atoms with Gasteiger partial charge in [-0.2, -0.15) is 0 Å². The highest BCUT2D eigenvalue weighted by molar-refractivity contribution is 6.31. The highest BCUT2D eigenvalue weighted by atomic mass is 35.5. The number of nitrogens with one attached hydrogen (secondary N) is 1. The van der Waals surface area contributed by atoms with Crippen molar-refractivity contribution in [2.45, 2.75) is 13.3 Å². The topological polar surface area (TPSA) is 55.1 Å². The Morgan fingerprint density at radius 2 is 2.00 bits per heavy atom. The van der Waals surface area contributed by atoms with Crippen molar-refractivity contribution in [3.05, 3.63) is 64.2 Å². The van der Waals surface area contributed by atoms with Gasteiger partial charge in [-0.05, 0) is 49.2 Å². The smallest absolute Gasteiger partial charge is 0.255 e. The fraction of sp³-hybridized carbons (Fsp3) is 0.188. The van der Waals surface area contributed by atoms with Crippen molar-refractivity contribution in [2.75, 3.05) is 11.9 Å². The third-order valence-corrected chi connectivity index (χ3v) is 3.36. The van der Waals surface area contributed by atoms with E-state index in [1.54, 1.807) is 18.2 Å². The Balaban J connectivity index is 2.26. The number of aryl methyl sites for hydroxylation is 1. The highest BCUT2D eigenvalue weighted by Gasteiger charge is 2.11. The van der Waals surface area contributed by atoms with Gasteiger partial charge in [-0.3, -0.25) is 4.79 Å².